The molecule has 3 rings (SSSR count). The van der Waals surface area contributed by atoms with Gasteiger partial charge in [0.1, 0.15) is 12.6 Å². The number of amides is 3. The minimum absolute atomic E-state index is 0.0594. The number of carbonyl (C=O) groups is 3. The first-order valence-corrected chi connectivity index (χ1v) is 8.96. The van der Waals surface area contributed by atoms with Gasteiger partial charge >= 0.3 is 0 Å². The largest absolute Gasteiger partial charge is 0.382 e. The summed E-state index contributed by atoms with van der Waals surface area (Å²) in [6, 6.07) is 5.81. The van der Waals surface area contributed by atoms with Crippen LogP contribution in [0.1, 0.15) is 25.2 Å². The number of ether oxygens (including phenoxy) is 2. The van der Waals surface area contributed by atoms with Crippen molar-refractivity contribution in [1.82, 2.24) is 14.8 Å². The van der Waals surface area contributed by atoms with Crippen molar-refractivity contribution >= 4 is 35.0 Å². The normalized spacial score (nSPS) is 15.4. The lowest BCUT2D eigenvalue weighted by Gasteiger charge is -2.22. The van der Waals surface area contributed by atoms with Gasteiger partial charge in [-0.05, 0) is 24.3 Å². The number of rotatable bonds is 8. The molecule has 1 aromatic carbocycles. The lowest BCUT2D eigenvalue weighted by atomic mass is 10.1. The van der Waals surface area contributed by atoms with Crippen molar-refractivity contribution in [2.24, 2.45) is 0 Å². The third-order valence-corrected chi connectivity index (χ3v) is 4.04. The maximum absolute atomic E-state index is 12.7. The molecule has 1 aliphatic heterocycles. The Labute approximate surface area is 166 Å². The molecule has 11 nitrogen and oxygen atoms in total. The van der Waals surface area contributed by atoms with Crippen LogP contribution in [0, 0.1) is 0 Å². The zero-order valence-corrected chi connectivity index (χ0v) is 16.1. The van der Waals surface area contributed by atoms with Crippen molar-refractivity contribution in [2.45, 2.75) is 26.0 Å². The van der Waals surface area contributed by atoms with Crippen molar-refractivity contribution in [1.29, 1.82) is 0 Å². The molecule has 1 atom stereocenters. The van der Waals surface area contributed by atoms with Crippen LogP contribution >= 0.6 is 0 Å². The van der Waals surface area contributed by atoms with Gasteiger partial charge in [0.05, 0.1) is 19.6 Å². The van der Waals surface area contributed by atoms with Crippen LogP contribution in [-0.4, -0.2) is 52.8 Å². The number of hydrogen-bond acceptors (Lipinski definition) is 7. The molecule has 0 fully saturated rings. The van der Waals surface area contributed by atoms with Crippen LogP contribution in [0.3, 0.4) is 0 Å². The number of benzene rings is 1. The fourth-order valence-corrected chi connectivity index (χ4v) is 2.74. The molecule has 2 heterocycles. The molecule has 3 N–H and O–H groups in total. The predicted octanol–water partition coefficient (Wildman–Crippen LogP) is 0.921. The third kappa shape index (κ3) is 5.36. The van der Waals surface area contributed by atoms with E-state index < -0.39 is 11.9 Å². The number of anilines is 3. The Morgan fingerprint density at radius 3 is 2.55 bits per heavy atom. The Bertz CT molecular complexity index is 895. The van der Waals surface area contributed by atoms with Crippen molar-refractivity contribution in [2.75, 3.05) is 36.3 Å². The van der Waals surface area contributed by atoms with E-state index in [1.54, 1.807) is 31.4 Å². The topological polar surface area (TPSA) is 136 Å². The van der Waals surface area contributed by atoms with Gasteiger partial charge in [0.25, 0.3) is 0 Å². The second-order valence-corrected chi connectivity index (χ2v) is 6.36. The summed E-state index contributed by atoms with van der Waals surface area (Å²) in [5.74, 6) is -0.345. The fraction of sp³-hybridized carbons (Fsp3) is 0.389. The highest BCUT2D eigenvalue weighted by atomic mass is 16.5. The van der Waals surface area contributed by atoms with Crippen LogP contribution in [0.4, 0.5) is 17.3 Å². The number of methoxy groups -OCH3 is 1. The van der Waals surface area contributed by atoms with Crippen molar-refractivity contribution in [3.05, 3.63) is 30.1 Å². The maximum Gasteiger partial charge on any atom is 0.249 e. The molecule has 2 aromatic rings. The maximum atomic E-state index is 12.7. The van der Waals surface area contributed by atoms with E-state index in [9.17, 15) is 14.4 Å². The molecule has 11 heteroatoms. The zero-order chi connectivity index (χ0) is 20.8. The van der Waals surface area contributed by atoms with Crippen molar-refractivity contribution in [3.8, 4) is 0 Å². The number of aromatic nitrogens is 3. The number of hydrogen-bond donors (Lipinski definition) is 3. The van der Waals surface area contributed by atoms with E-state index in [0.717, 1.165) is 0 Å². The van der Waals surface area contributed by atoms with E-state index in [0.29, 0.717) is 30.4 Å². The monoisotopic (exact) mass is 402 g/mol. The Morgan fingerprint density at radius 1 is 1.21 bits per heavy atom. The summed E-state index contributed by atoms with van der Waals surface area (Å²) in [7, 11) is 1.57. The molecule has 154 valence electrons. The first kappa shape index (κ1) is 20.4. The quantitative estimate of drug-likeness (QED) is 0.559. The molecule has 0 unspecified atom stereocenters. The molecule has 3 amide bonds. The first-order chi connectivity index (χ1) is 14.0. The molecule has 1 aromatic heterocycles. The summed E-state index contributed by atoms with van der Waals surface area (Å²) in [6.45, 7) is 2.37. The van der Waals surface area contributed by atoms with Crippen LogP contribution in [0.15, 0.2) is 24.3 Å². The molecular formula is C18H22N6O5. The van der Waals surface area contributed by atoms with Crippen molar-refractivity contribution < 1.29 is 23.9 Å². The smallest absolute Gasteiger partial charge is 0.249 e. The van der Waals surface area contributed by atoms with Gasteiger partial charge in [0, 0.05) is 25.4 Å². The molecule has 0 radical (unpaired) electrons. The van der Waals surface area contributed by atoms with Gasteiger partial charge in [-0.25, -0.2) is 4.68 Å². The number of carbonyl (C=O) groups excluding carboxylic acids is 3. The van der Waals surface area contributed by atoms with Gasteiger partial charge < -0.3 is 20.1 Å². The van der Waals surface area contributed by atoms with Crippen LogP contribution in [0.2, 0.25) is 0 Å². The molecule has 0 aliphatic carbocycles. The van der Waals surface area contributed by atoms with Gasteiger partial charge in [-0.15, -0.1) is 0 Å². The summed E-state index contributed by atoms with van der Waals surface area (Å²) in [4.78, 5) is 40.0. The molecule has 0 bridgehead atoms. The highest BCUT2D eigenvalue weighted by Crippen LogP contribution is 2.25. The standard InChI is InChI=1S/C18H22N6O5/c1-11(25)19-12-3-5-13(6-4-12)20-17(27)14-9-16(26)22-18-21-15(23-24(14)18)10-29-8-7-28-2/h3-6,14H,7-10H2,1-2H3,(H,19,25)(H,20,27)(H,21,22,23,26)/t14-/m0/s1. The Morgan fingerprint density at radius 2 is 1.90 bits per heavy atom. The number of nitrogens with one attached hydrogen (secondary N) is 3. The second kappa shape index (κ2) is 9.26. The second-order valence-electron chi connectivity index (χ2n) is 6.36. The first-order valence-electron chi connectivity index (χ1n) is 8.96. The molecule has 0 spiro atoms. The predicted molar refractivity (Wildman–Crippen MR) is 103 cm³/mol. The minimum Gasteiger partial charge on any atom is -0.382 e. The van der Waals surface area contributed by atoms with Crippen LogP contribution in [-0.2, 0) is 30.5 Å². The van der Waals surface area contributed by atoms with E-state index in [1.807, 2.05) is 0 Å². The minimum atomic E-state index is -0.839. The van der Waals surface area contributed by atoms with Crippen LogP contribution < -0.4 is 16.0 Å². The van der Waals surface area contributed by atoms with Crippen LogP contribution in [0.5, 0.6) is 0 Å². The van der Waals surface area contributed by atoms with Gasteiger partial charge in [-0.1, -0.05) is 0 Å². The van der Waals surface area contributed by atoms with Gasteiger partial charge in [-0.3, -0.25) is 19.7 Å². The van der Waals surface area contributed by atoms with Gasteiger partial charge in [0.2, 0.25) is 23.7 Å². The molecule has 29 heavy (non-hydrogen) atoms. The van der Waals surface area contributed by atoms with Gasteiger partial charge in [-0.2, -0.15) is 10.1 Å². The Kier molecular flexibility index (Phi) is 6.52. The van der Waals surface area contributed by atoms with Crippen LogP contribution in [0.25, 0.3) is 0 Å². The van der Waals surface area contributed by atoms with E-state index in [2.05, 4.69) is 26.0 Å². The molecule has 0 saturated heterocycles. The van der Waals surface area contributed by atoms with Crippen molar-refractivity contribution in [3.63, 3.8) is 0 Å². The Hall–Kier alpha value is -3.31. The van der Waals surface area contributed by atoms with E-state index in [1.165, 1.54) is 11.6 Å². The highest BCUT2D eigenvalue weighted by Gasteiger charge is 2.33. The highest BCUT2D eigenvalue weighted by molar-refractivity contribution is 6.00. The number of nitrogens with zero attached hydrogens (tertiary/aromatic N) is 3. The summed E-state index contributed by atoms with van der Waals surface area (Å²) in [6.07, 6.45) is -0.0594. The lowest BCUT2D eigenvalue weighted by molar-refractivity contribution is -0.125. The Balaban J connectivity index is 1.68. The van der Waals surface area contributed by atoms with E-state index in [-0.39, 0.29) is 30.8 Å². The lowest BCUT2D eigenvalue weighted by Crippen LogP contribution is -2.36. The summed E-state index contributed by atoms with van der Waals surface area (Å²) in [5.41, 5.74) is 1.14. The average molecular weight is 402 g/mol. The summed E-state index contributed by atoms with van der Waals surface area (Å²) in [5, 5.41) is 12.3. The molecule has 0 saturated carbocycles. The van der Waals surface area contributed by atoms with E-state index >= 15 is 0 Å². The average Bonchev–Trinajstić information content (AvgIpc) is 3.08. The summed E-state index contributed by atoms with van der Waals surface area (Å²) >= 11 is 0. The van der Waals surface area contributed by atoms with E-state index in [4.69, 9.17) is 9.47 Å². The SMILES string of the molecule is COCCOCc1nc2n(n1)[C@H](C(=O)Nc1ccc(NC(C)=O)cc1)CC(=O)N2. The summed E-state index contributed by atoms with van der Waals surface area (Å²) < 4.78 is 11.7. The molecular weight excluding hydrogens is 380 g/mol. The zero-order valence-electron chi connectivity index (χ0n) is 16.1. The number of fused-ring (bicyclic) bond motifs is 1. The third-order valence-electron chi connectivity index (χ3n) is 4.04. The van der Waals surface area contributed by atoms with Gasteiger partial charge in [0.15, 0.2) is 5.82 Å². The molecule has 1 aliphatic rings. The fourth-order valence-electron chi connectivity index (χ4n) is 2.74.